The van der Waals surface area contributed by atoms with Gasteiger partial charge in [-0.15, -0.1) is 0 Å². The van der Waals surface area contributed by atoms with Crippen LogP contribution in [-0.2, 0) is 13.3 Å². The third-order valence-corrected chi connectivity index (χ3v) is 5.53. The summed E-state index contributed by atoms with van der Waals surface area (Å²) in [5.41, 5.74) is 0. The van der Waals surface area contributed by atoms with Gasteiger partial charge in [0.15, 0.2) is 0 Å². The van der Waals surface area contributed by atoms with Gasteiger partial charge in [-0.25, -0.2) is 0 Å². The second kappa shape index (κ2) is 5.82. The Kier molecular flexibility index (Phi) is 5.04. The van der Waals surface area contributed by atoms with E-state index in [4.69, 9.17) is 13.3 Å². The molecule has 5 heteroatoms. The topological polar surface area (TPSA) is 39.7 Å². The van der Waals surface area contributed by atoms with Crippen LogP contribution in [0.4, 0.5) is 0 Å². The molecule has 4 nitrogen and oxygen atoms in total. The molecule has 1 rings (SSSR count). The van der Waals surface area contributed by atoms with Crippen molar-refractivity contribution in [1.29, 1.82) is 0 Å². The van der Waals surface area contributed by atoms with Crippen LogP contribution < -0.4 is 5.32 Å². The van der Waals surface area contributed by atoms with E-state index >= 15 is 0 Å². The van der Waals surface area contributed by atoms with Gasteiger partial charge in [0.1, 0.15) is 0 Å². The molecule has 14 heavy (non-hydrogen) atoms. The van der Waals surface area contributed by atoms with Gasteiger partial charge in [0.25, 0.3) is 0 Å². The van der Waals surface area contributed by atoms with Crippen molar-refractivity contribution in [1.82, 2.24) is 5.32 Å². The fourth-order valence-corrected chi connectivity index (χ4v) is 3.91. The minimum absolute atomic E-state index is 0.224. The molecule has 1 aliphatic rings. The molecule has 0 spiro atoms. The first-order chi connectivity index (χ1) is 6.76. The van der Waals surface area contributed by atoms with Crippen molar-refractivity contribution in [2.75, 3.05) is 27.3 Å². The van der Waals surface area contributed by atoms with Crippen LogP contribution in [0.1, 0.15) is 19.8 Å². The van der Waals surface area contributed by atoms with E-state index < -0.39 is 8.80 Å². The highest BCUT2D eigenvalue weighted by Gasteiger charge is 2.41. The van der Waals surface area contributed by atoms with E-state index in [-0.39, 0.29) is 6.10 Å². The van der Waals surface area contributed by atoms with E-state index in [9.17, 15) is 0 Å². The van der Waals surface area contributed by atoms with Crippen LogP contribution >= 0.6 is 0 Å². The van der Waals surface area contributed by atoms with Crippen LogP contribution in [0.3, 0.4) is 0 Å². The zero-order valence-corrected chi connectivity index (χ0v) is 10.3. The van der Waals surface area contributed by atoms with Crippen LogP contribution in [-0.4, -0.2) is 42.2 Å². The van der Waals surface area contributed by atoms with Crippen LogP contribution in [0.25, 0.3) is 0 Å². The molecule has 1 atom stereocenters. The number of nitrogens with one attached hydrogen (secondary N) is 1. The summed E-state index contributed by atoms with van der Waals surface area (Å²) in [6, 6.07) is 0.906. The lowest BCUT2D eigenvalue weighted by Crippen LogP contribution is -2.50. The lowest BCUT2D eigenvalue weighted by Gasteiger charge is -2.32. The first-order valence-corrected chi connectivity index (χ1v) is 7.18. The van der Waals surface area contributed by atoms with Gasteiger partial charge in [0.2, 0.25) is 0 Å². The molecule has 0 saturated carbocycles. The molecule has 0 aromatic rings. The molecule has 1 heterocycles. The molecule has 1 unspecified atom stereocenters. The molecule has 0 aromatic carbocycles. The normalized spacial score (nSPS) is 28.1. The van der Waals surface area contributed by atoms with E-state index in [1.54, 1.807) is 14.2 Å². The Hall–Kier alpha value is 0.0569. The van der Waals surface area contributed by atoms with Crippen molar-refractivity contribution < 1.29 is 13.3 Å². The van der Waals surface area contributed by atoms with Crippen molar-refractivity contribution in [3.63, 3.8) is 0 Å². The number of hydrogen-bond donors (Lipinski definition) is 1. The Morgan fingerprint density at radius 2 is 2.14 bits per heavy atom. The minimum atomic E-state index is -2.34. The Balaban J connectivity index is 2.60. The third kappa shape index (κ3) is 3.03. The van der Waals surface area contributed by atoms with Gasteiger partial charge < -0.3 is 18.6 Å². The zero-order chi connectivity index (χ0) is 10.4. The maximum Gasteiger partial charge on any atom is 0.500 e. The highest BCUT2D eigenvalue weighted by Crippen LogP contribution is 2.20. The van der Waals surface area contributed by atoms with E-state index in [1.165, 1.54) is 0 Å². The van der Waals surface area contributed by atoms with Gasteiger partial charge in [0.05, 0.1) is 6.10 Å². The van der Waals surface area contributed by atoms with Crippen LogP contribution in [0, 0.1) is 0 Å². The highest BCUT2D eigenvalue weighted by molar-refractivity contribution is 6.60. The van der Waals surface area contributed by atoms with E-state index in [2.05, 4.69) is 12.2 Å². The molecule has 0 aromatic heterocycles. The Morgan fingerprint density at radius 1 is 1.43 bits per heavy atom. The van der Waals surface area contributed by atoms with Crippen molar-refractivity contribution >= 4 is 8.80 Å². The summed E-state index contributed by atoms with van der Waals surface area (Å²) in [6.07, 6.45) is 2.28. The molecule has 0 radical (unpaired) electrons. The van der Waals surface area contributed by atoms with Crippen molar-refractivity contribution in [2.24, 2.45) is 0 Å². The monoisotopic (exact) mass is 219 g/mol. The van der Waals surface area contributed by atoms with Crippen molar-refractivity contribution in [3.8, 4) is 0 Å². The number of rotatable bonds is 3. The molecule has 84 valence electrons. The largest absolute Gasteiger partial charge is 0.500 e. The average molecular weight is 219 g/mol. The smallest absolute Gasteiger partial charge is 0.377 e. The van der Waals surface area contributed by atoms with E-state index in [1.807, 2.05) is 0 Å². The van der Waals surface area contributed by atoms with Crippen molar-refractivity contribution in [3.05, 3.63) is 0 Å². The fraction of sp³-hybridized carbons (Fsp3) is 1.00. The quantitative estimate of drug-likeness (QED) is 0.719. The first kappa shape index (κ1) is 12.1. The highest BCUT2D eigenvalue weighted by atomic mass is 28.4. The van der Waals surface area contributed by atoms with Crippen LogP contribution in [0.15, 0.2) is 0 Å². The predicted molar refractivity (Wildman–Crippen MR) is 57.2 cm³/mol. The lowest BCUT2D eigenvalue weighted by molar-refractivity contribution is 0.0485. The van der Waals surface area contributed by atoms with E-state index in [0.717, 1.165) is 32.0 Å². The maximum atomic E-state index is 5.96. The second-order valence-corrected chi connectivity index (χ2v) is 6.47. The minimum Gasteiger partial charge on any atom is -0.377 e. The van der Waals surface area contributed by atoms with Crippen LogP contribution in [0.2, 0.25) is 6.04 Å². The molecule has 1 fully saturated rings. The summed E-state index contributed by atoms with van der Waals surface area (Å²) in [5.74, 6) is 0. The SMILES string of the molecule is CCC1CNCCC[Si](OC)(OC)O1. The molecule has 1 N–H and O–H groups in total. The molecule has 1 aliphatic heterocycles. The second-order valence-electron chi connectivity index (χ2n) is 3.55. The first-order valence-electron chi connectivity index (χ1n) is 5.25. The zero-order valence-electron chi connectivity index (χ0n) is 9.34. The predicted octanol–water partition coefficient (Wildman–Crippen LogP) is 1.01. The molecule has 0 amide bonds. The van der Waals surface area contributed by atoms with Gasteiger partial charge in [-0.1, -0.05) is 6.92 Å². The summed E-state index contributed by atoms with van der Waals surface area (Å²) in [6.45, 7) is 4.05. The molecule has 0 bridgehead atoms. The maximum absolute atomic E-state index is 5.96. The Labute approximate surface area is 87.3 Å². The van der Waals surface area contributed by atoms with Crippen LogP contribution in [0.5, 0.6) is 0 Å². The van der Waals surface area contributed by atoms with Crippen molar-refractivity contribution in [2.45, 2.75) is 31.9 Å². The Morgan fingerprint density at radius 3 is 2.71 bits per heavy atom. The summed E-state index contributed by atoms with van der Waals surface area (Å²) in [5, 5.41) is 3.36. The Bertz CT molecular complexity index is 164. The van der Waals surface area contributed by atoms with E-state index in [0.29, 0.717) is 0 Å². The summed E-state index contributed by atoms with van der Waals surface area (Å²) in [4.78, 5) is 0. The molecule has 1 saturated heterocycles. The molecule has 0 aliphatic carbocycles. The molecular weight excluding hydrogens is 198 g/mol. The third-order valence-electron chi connectivity index (χ3n) is 2.63. The van der Waals surface area contributed by atoms with Gasteiger partial charge >= 0.3 is 8.80 Å². The van der Waals surface area contributed by atoms with Gasteiger partial charge in [-0.05, 0) is 19.4 Å². The van der Waals surface area contributed by atoms with Gasteiger partial charge in [-0.3, -0.25) is 0 Å². The summed E-state index contributed by atoms with van der Waals surface area (Å²) >= 11 is 0. The standard InChI is InChI=1S/C9H21NO3Si/c1-4-9-8-10-6-5-7-14(11-2,12-3)13-9/h9-10H,4-8H2,1-3H3. The van der Waals surface area contributed by atoms with Gasteiger partial charge in [-0.2, -0.15) is 0 Å². The lowest BCUT2D eigenvalue weighted by atomic mass is 10.3. The fourth-order valence-electron chi connectivity index (χ4n) is 1.66. The van der Waals surface area contributed by atoms with Gasteiger partial charge in [0, 0.05) is 26.8 Å². The molecular formula is C9H21NO3Si. The number of hydrogen-bond acceptors (Lipinski definition) is 4. The summed E-state index contributed by atoms with van der Waals surface area (Å²) in [7, 11) is 1.05. The summed E-state index contributed by atoms with van der Waals surface area (Å²) < 4.78 is 16.9. The average Bonchev–Trinajstić information content (AvgIpc) is 2.19.